The number of carbonyl (C=O) groups excluding carboxylic acids is 1. The van der Waals surface area contributed by atoms with Crippen molar-refractivity contribution in [2.45, 2.75) is 6.10 Å². The Labute approximate surface area is 133 Å². The quantitative estimate of drug-likeness (QED) is 0.858. The summed E-state index contributed by atoms with van der Waals surface area (Å²) in [5.74, 6) is 0.450. The van der Waals surface area contributed by atoms with Gasteiger partial charge in [0.2, 0.25) is 5.82 Å². The summed E-state index contributed by atoms with van der Waals surface area (Å²) >= 11 is 0. The number of carbonyl (C=O) groups is 1. The molecule has 0 saturated carbocycles. The van der Waals surface area contributed by atoms with Crippen LogP contribution in [0.15, 0.2) is 28.8 Å². The van der Waals surface area contributed by atoms with Crippen LogP contribution >= 0.6 is 12.4 Å². The zero-order valence-electron chi connectivity index (χ0n) is 11.9. The van der Waals surface area contributed by atoms with Crippen molar-refractivity contribution in [2.24, 2.45) is 0 Å². The van der Waals surface area contributed by atoms with Crippen LogP contribution < -0.4 is 5.32 Å². The van der Waals surface area contributed by atoms with Gasteiger partial charge in [-0.1, -0.05) is 17.3 Å². The molecule has 0 aliphatic carbocycles. The van der Waals surface area contributed by atoms with E-state index in [0.717, 1.165) is 6.54 Å². The second kappa shape index (κ2) is 7.35. The molecule has 1 aromatic carbocycles. The molecule has 1 fully saturated rings. The Morgan fingerprint density at radius 2 is 2.32 bits per heavy atom. The average Bonchev–Trinajstić information content (AvgIpc) is 3.05. The molecule has 3 rings (SSSR count). The molecule has 118 valence electrons. The summed E-state index contributed by atoms with van der Waals surface area (Å²) in [7, 11) is 1.34. The van der Waals surface area contributed by atoms with Gasteiger partial charge in [0, 0.05) is 18.7 Å². The number of esters is 1. The van der Waals surface area contributed by atoms with Gasteiger partial charge < -0.3 is 19.3 Å². The van der Waals surface area contributed by atoms with Crippen molar-refractivity contribution in [1.29, 1.82) is 0 Å². The Balaban J connectivity index is 0.00000176. The molecule has 0 spiro atoms. The van der Waals surface area contributed by atoms with E-state index in [9.17, 15) is 4.79 Å². The highest BCUT2D eigenvalue weighted by atomic mass is 35.5. The monoisotopic (exact) mass is 325 g/mol. The van der Waals surface area contributed by atoms with Crippen LogP contribution in [0.3, 0.4) is 0 Å². The standard InChI is InChI=1S/C14H15N3O4.ClH/c1-19-14(18)10-4-2-3-9(7-10)12-16-13(21-17-12)11-8-15-5-6-20-11;/h2-4,7,11,15H,5-6,8H2,1H3;1H/t11-;/m1./s1. The highest BCUT2D eigenvalue weighted by Gasteiger charge is 2.22. The lowest BCUT2D eigenvalue weighted by Crippen LogP contribution is -2.33. The summed E-state index contributed by atoms with van der Waals surface area (Å²) in [5, 5.41) is 7.14. The third kappa shape index (κ3) is 3.44. The van der Waals surface area contributed by atoms with Crippen LogP contribution in [0, 0.1) is 0 Å². The molecule has 8 heteroatoms. The Hall–Kier alpha value is -1.96. The van der Waals surface area contributed by atoms with Crippen LogP contribution in [0.2, 0.25) is 0 Å². The number of rotatable bonds is 3. The van der Waals surface area contributed by atoms with E-state index in [-0.39, 0.29) is 18.5 Å². The van der Waals surface area contributed by atoms with Gasteiger partial charge in [-0.3, -0.25) is 0 Å². The number of nitrogens with zero attached hydrogens (tertiary/aromatic N) is 2. The molecule has 0 bridgehead atoms. The fourth-order valence-electron chi connectivity index (χ4n) is 2.11. The normalized spacial score (nSPS) is 17.6. The van der Waals surface area contributed by atoms with Gasteiger partial charge in [-0.2, -0.15) is 4.98 Å². The van der Waals surface area contributed by atoms with Crippen LogP contribution in [0.5, 0.6) is 0 Å². The maximum Gasteiger partial charge on any atom is 0.337 e. The number of benzene rings is 1. The second-order valence-corrected chi connectivity index (χ2v) is 4.59. The minimum atomic E-state index is -0.402. The lowest BCUT2D eigenvalue weighted by molar-refractivity contribution is 0.00755. The van der Waals surface area contributed by atoms with Gasteiger partial charge in [0.05, 0.1) is 19.3 Å². The molecule has 1 aliphatic heterocycles. The molecule has 7 nitrogen and oxygen atoms in total. The van der Waals surface area contributed by atoms with Crippen molar-refractivity contribution in [2.75, 3.05) is 26.8 Å². The van der Waals surface area contributed by atoms with E-state index in [1.165, 1.54) is 7.11 Å². The molecule has 1 aliphatic rings. The van der Waals surface area contributed by atoms with Gasteiger partial charge in [-0.15, -0.1) is 12.4 Å². The topological polar surface area (TPSA) is 86.5 Å². The minimum absolute atomic E-state index is 0. The molecule has 0 radical (unpaired) electrons. The summed E-state index contributed by atoms with van der Waals surface area (Å²) in [6, 6.07) is 6.89. The van der Waals surface area contributed by atoms with E-state index in [1.54, 1.807) is 24.3 Å². The maximum absolute atomic E-state index is 11.5. The average molecular weight is 326 g/mol. The molecule has 1 aromatic heterocycles. The first kappa shape index (κ1) is 16.4. The molecule has 1 saturated heterocycles. The third-order valence-corrected chi connectivity index (χ3v) is 3.19. The highest BCUT2D eigenvalue weighted by Crippen LogP contribution is 2.22. The van der Waals surface area contributed by atoms with E-state index < -0.39 is 5.97 Å². The molecule has 0 amide bonds. The van der Waals surface area contributed by atoms with Gasteiger partial charge in [-0.05, 0) is 12.1 Å². The highest BCUT2D eigenvalue weighted by molar-refractivity contribution is 5.90. The number of hydrogen-bond acceptors (Lipinski definition) is 7. The van der Waals surface area contributed by atoms with Crippen molar-refractivity contribution in [1.82, 2.24) is 15.5 Å². The molecule has 1 atom stereocenters. The van der Waals surface area contributed by atoms with Crippen LogP contribution in [0.25, 0.3) is 11.4 Å². The fraction of sp³-hybridized carbons (Fsp3) is 0.357. The number of aromatic nitrogens is 2. The number of morpholine rings is 1. The molecule has 2 aromatic rings. The Kier molecular flexibility index (Phi) is 5.48. The molecule has 22 heavy (non-hydrogen) atoms. The van der Waals surface area contributed by atoms with Gasteiger partial charge >= 0.3 is 5.97 Å². The van der Waals surface area contributed by atoms with Crippen LogP contribution in [-0.2, 0) is 9.47 Å². The molecule has 0 unspecified atom stereocenters. The van der Waals surface area contributed by atoms with Gasteiger partial charge in [0.15, 0.2) is 0 Å². The summed E-state index contributed by atoms with van der Waals surface area (Å²) in [6.45, 7) is 2.07. The Morgan fingerprint density at radius 3 is 3.05 bits per heavy atom. The largest absolute Gasteiger partial charge is 0.465 e. The zero-order chi connectivity index (χ0) is 14.7. The van der Waals surface area contributed by atoms with Crippen molar-refractivity contribution in [3.63, 3.8) is 0 Å². The van der Waals surface area contributed by atoms with Crippen LogP contribution in [0.4, 0.5) is 0 Å². The molecule has 1 N–H and O–H groups in total. The van der Waals surface area contributed by atoms with E-state index in [2.05, 4.69) is 15.5 Å². The van der Waals surface area contributed by atoms with Crippen molar-refractivity contribution in [3.8, 4) is 11.4 Å². The minimum Gasteiger partial charge on any atom is -0.465 e. The van der Waals surface area contributed by atoms with Crippen molar-refractivity contribution >= 4 is 18.4 Å². The number of methoxy groups -OCH3 is 1. The Morgan fingerprint density at radius 1 is 1.45 bits per heavy atom. The van der Waals surface area contributed by atoms with E-state index in [1.807, 2.05) is 0 Å². The first-order chi connectivity index (χ1) is 10.3. The fourth-order valence-corrected chi connectivity index (χ4v) is 2.11. The summed E-state index contributed by atoms with van der Waals surface area (Å²) in [4.78, 5) is 15.9. The maximum atomic E-state index is 11.5. The van der Waals surface area contributed by atoms with E-state index in [4.69, 9.17) is 14.0 Å². The SMILES string of the molecule is COC(=O)c1cccc(-c2noc([C@H]3CNCCO3)n2)c1.Cl. The lowest BCUT2D eigenvalue weighted by atomic mass is 10.1. The summed E-state index contributed by atoms with van der Waals surface area (Å²) in [5.41, 5.74) is 1.13. The Bertz CT molecular complexity index is 641. The molecular formula is C14H16ClN3O4. The number of halogens is 1. The predicted octanol–water partition coefficient (Wildman–Crippen LogP) is 1.61. The summed E-state index contributed by atoms with van der Waals surface area (Å²) in [6.07, 6.45) is -0.233. The van der Waals surface area contributed by atoms with Gasteiger partial charge in [0.25, 0.3) is 5.89 Å². The van der Waals surface area contributed by atoms with Gasteiger partial charge in [0.1, 0.15) is 6.10 Å². The third-order valence-electron chi connectivity index (χ3n) is 3.19. The van der Waals surface area contributed by atoms with Crippen LogP contribution in [0.1, 0.15) is 22.4 Å². The zero-order valence-corrected chi connectivity index (χ0v) is 12.8. The first-order valence-corrected chi connectivity index (χ1v) is 6.62. The van der Waals surface area contributed by atoms with Crippen molar-refractivity contribution in [3.05, 3.63) is 35.7 Å². The second-order valence-electron chi connectivity index (χ2n) is 4.59. The predicted molar refractivity (Wildman–Crippen MR) is 79.9 cm³/mol. The van der Waals surface area contributed by atoms with E-state index in [0.29, 0.717) is 36.0 Å². The first-order valence-electron chi connectivity index (χ1n) is 6.62. The number of nitrogens with one attached hydrogen (secondary N) is 1. The number of hydrogen-bond donors (Lipinski definition) is 1. The lowest BCUT2D eigenvalue weighted by Gasteiger charge is -2.19. The summed E-state index contributed by atoms with van der Waals surface area (Å²) < 4.78 is 15.5. The molecule has 2 heterocycles. The number of ether oxygens (including phenoxy) is 2. The smallest absolute Gasteiger partial charge is 0.337 e. The van der Waals surface area contributed by atoms with Gasteiger partial charge in [-0.25, -0.2) is 4.79 Å². The van der Waals surface area contributed by atoms with E-state index >= 15 is 0 Å². The van der Waals surface area contributed by atoms with Crippen molar-refractivity contribution < 1.29 is 18.8 Å². The van der Waals surface area contributed by atoms with Crippen LogP contribution in [-0.4, -0.2) is 42.9 Å². The molecular weight excluding hydrogens is 310 g/mol.